The van der Waals surface area contributed by atoms with Gasteiger partial charge in [0.05, 0.1) is 0 Å². The largest absolute Gasteiger partial charge is 0.0876 e. The monoisotopic (exact) mass is 286 g/mol. The van der Waals surface area contributed by atoms with Gasteiger partial charge in [0.15, 0.2) is 0 Å². The molecule has 0 atom stereocenters. The van der Waals surface area contributed by atoms with E-state index in [2.05, 4.69) is 56.1 Å². The lowest BCUT2D eigenvalue weighted by Gasteiger charge is -2.00. The number of allylic oxidation sites excluding steroid dienone is 1. The second-order valence-electron chi connectivity index (χ2n) is 2.93. The van der Waals surface area contributed by atoms with Crippen molar-refractivity contribution in [3.8, 4) is 0 Å². The average molecular weight is 288 g/mol. The molecule has 1 aromatic carbocycles. The molecule has 1 aromatic rings. The van der Waals surface area contributed by atoms with E-state index >= 15 is 0 Å². The maximum absolute atomic E-state index is 3.51. The van der Waals surface area contributed by atoms with E-state index in [-0.39, 0.29) is 0 Å². The maximum atomic E-state index is 3.51. The van der Waals surface area contributed by atoms with Gasteiger partial charge in [-0.15, -0.1) is 0 Å². The molecule has 2 heteroatoms. The predicted molar refractivity (Wildman–Crippen MR) is 59.7 cm³/mol. The van der Waals surface area contributed by atoms with E-state index in [1.54, 1.807) is 0 Å². The quantitative estimate of drug-likeness (QED) is 0.688. The van der Waals surface area contributed by atoms with Crippen LogP contribution >= 0.6 is 31.9 Å². The normalized spacial score (nSPS) is 14.3. The van der Waals surface area contributed by atoms with Crippen LogP contribution in [0, 0.1) is 0 Å². The van der Waals surface area contributed by atoms with Crippen LogP contribution in [0.2, 0.25) is 0 Å². The summed E-state index contributed by atoms with van der Waals surface area (Å²) in [5.74, 6) is 0. The van der Waals surface area contributed by atoms with Crippen LogP contribution in [-0.2, 0) is 11.8 Å². The summed E-state index contributed by atoms with van der Waals surface area (Å²) in [6.45, 7) is 0. The first kappa shape index (κ1) is 8.52. The number of hydrogen-bond donors (Lipinski definition) is 0. The highest BCUT2D eigenvalue weighted by Gasteiger charge is 2.10. The Morgan fingerprint density at radius 1 is 1.33 bits per heavy atom. The van der Waals surface area contributed by atoms with Gasteiger partial charge in [-0.1, -0.05) is 50.1 Å². The lowest BCUT2D eigenvalue weighted by Crippen LogP contribution is -1.84. The highest BCUT2D eigenvalue weighted by Crippen LogP contribution is 2.29. The molecule has 0 unspecified atom stereocenters. The van der Waals surface area contributed by atoms with Crippen LogP contribution in [0.1, 0.15) is 16.7 Å². The highest BCUT2D eigenvalue weighted by molar-refractivity contribution is 9.11. The Hall–Kier alpha value is -0.0800. The summed E-state index contributed by atoms with van der Waals surface area (Å²) in [6, 6.07) is 6.60. The van der Waals surface area contributed by atoms with Crippen molar-refractivity contribution in [1.29, 1.82) is 0 Å². The predicted octanol–water partition coefficient (Wildman–Crippen LogP) is 3.87. The van der Waals surface area contributed by atoms with Crippen LogP contribution in [0.3, 0.4) is 0 Å². The fraction of sp³-hybridized carbons (Fsp3) is 0.200. The van der Waals surface area contributed by atoms with Gasteiger partial charge < -0.3 is 0 Å². The Labute approximate surface area is 88.9 Å². The molecule has 1 aliphatic rings. The molecule has 1 aliphatic carbocycles. The maximum Gasteiger partial charge on any atom is 0.0283 e. The van der Waals surface area contributed by atoms with Gasteiger partial charge in [-0.25, -0.2) is 0 Å². The molecule has 0 N–H and O–H groups in total. The molecule has 0 nitrogen and oxygen atoms in total. The molecule has 0 saturated heterocycles. The van der Waals surface area contributed by atoms with E-state index < -0.39 is 0 Å². The third-order valence-corrected chi connectivity index (χ3v) is 3.19. The number of benzene rings is 1. The first-order valence-electron chi connectivity index (χ1n) is 3.83. The van der Waals surface area contributed by atoms with Crippen LogP contribution in [0.25, 0.3) is 6.08 Å². The van der Waals surface area contributed by atoms with Gasteiger partial charge in [-0.3, -0.25) is 0 Å². The second-order valence-corrected chi connectivity index (χ2v) is 4.51. The van der Waals surface area contributed by atoms with Crippen LogP contribution in [0.15, 0.2) is 22.7 Å². The van der Waals surface area contributed by atoms with E-state index in [0.29, 0.717) is 0 Å². The summed E-state index contributed by atoms with van der Waals surface area (Å²) < 4.78 is 1.28. The molecular formula is C10H8Br2. The molecule has 0 radical (unpaired) electrons. The zero-order valence-corrected chi connectivity index (χ0v) is 9.65. The molecule has 0 saturated carbocycles. The van der Waals surface area contributed by atoms with Crippen molar-refractivity contribution in [2.75, 3.05) is 0 Å². The van der Waals surface area contributed by atoms with E-state index in [4.69, 9.17) is 0 Å². The summed E-state index contributed by atoms with van der Waals surface area (Å²) in [5.41, 5.74) is 4.13. The minimum absolute atomic E-state index is 0.942. The number of rotatable bonds is 1. The van der Waals surface area contributed by atoms with E-state index in [9.17, 15) is 0 Å². The van der Waals surface area contributed by atoms with Gasteiger partial charge in [0, 0.05) is 16.2 Å². The van der Waals surface area contributed by atoms with Gasteiger partial charge in [-0.05, 0) is 22.8 Å². The zero-order chi connectivity index (χ0) is 8.55. The number of fused-ring (bicyclic) bond motifs is 1. The van der Waals surface area contributed by atoms with Crippen LogP contribution in [0.4, 0.5) is 0 Å². The topological polar surface area (TPSA) is 0 Å². The lowest BCUT2D eigenvalue weighted by atomic mass is 10.1. The first-order valence-corrected chi connectivity index (χ1v) is 5.75. The number of alkyl halides is 1. The van der Waals surface area contributed by atoms with Crippen molar-refractivity contribution in [2.45, 2.75) is 11.8 Å². The van der Waals surface area contributed by atoms with Gasteiger partial charge in [0.1, 0.15) is 0 Å². The third-order valence-electron chi connectivity index (χ3n) is 2.03. The lowest BCUT2D eigenvalue weighted by molar-refractivity contribution is 1.27. The molecule has 0 aliphatic heterocycles. The molecule has 0 aromatic heterocycles. The highest BCUT2D eigenvalue weighted by atomic mass is 79.9. The minimum Gasteiger partial charge on any atom is -0.0876 e. The molecule has 0 amide bonds. The average Bonchev–Trinajstić information content (AvgIpc) is 2.43. The summed E-state index contributed by atoms with van der Waals surface area (Å²) in [4.78, 5) is 0. The number of hydrogen-bond acceptors (Lipinski definition) is 0. The standard InChI is InChI=1S/C10H8Br2/c11-6-7-1-2-8-4-10(12)5-9(8)3-7/h1-4H,5-6H2. The minimum atomic E-state index is 0.942. The van der Waals surface area contributed by atoms with Crippen molar-refractivity contribution in [3.63, 3.8) is 0 Å². The smallest absolute Gasteiger partial charge is 0.0283 e. The van der Waals surface area contributed by atoms with Gasteiger partial charge in [-0.2, -0.15) is 0 Å². The van der Waals surface area contributed by atoms with Crippen molar-refractivity contribution in [3.05, 3.63) is 39.4 Å². The van der Waals surface area contributed by atoms with Crippen molar-refractivity contribution in [1.82, 2.24) is 0 Å². The molecule has 62 valence electrons. The van der Waals surface area contributed by atoms with E-state index in [1.165, 1.54) is 21.2 Å². The SMILES string of the molecule is BrCc1ccc2c(c1)CC(Br)=C2. The molecular weight excluding hydrogens is 280 g/mol. The summed E-state index contributed by atoms with van der Waals surface area (Å²) in [6.07, 6.45) is 3.24. The van der Waals surface area contributed by atoms with Crippen molar-refractivity contribution >= 4 is 37.9 Å². The summed E-state index contributed by atoms with van der Waals surface area (Å²) in [7, 11) is 0. The Balaban J connectivity index is 2.42. The third kappa shape index (κ3) is 1.50. The summed E-state index contributed by atoms with van der Waals surface area (Å²) in [5, 5.41) is 0.942. The molecule has 0 bridgehead atoms. The second kappa shape index (κ2) is 3.35. The van der Waals surface area contributed by atoms with Crippen LogP contribution in [0.5, 0.6) is 0 Å². The van der Waals surface area contributed by atoms with E-state index in [1.807, 2.05) is 0 Å². The zero-order valence-electron chi connectivity index (χ0n) is 6.48. The Morgan fingerprint density at radius 3 is 2.92 bits per heavy atom. The molecule has 12 heavy (non-hydrogen) atoms. The first-order chi connectivity index (χ1) is 5.79. The van der Waals surface area contributed by atoms with Crippen molar-refractivity contribution < 1.29 is 0 Å². The van der Waals surface area contributed by atoms with Gasteiger partial charge >= 0.3 is 0 Å². The molecule has 0 heterocycles. The summed E-state index contributed by atoms with van der Waals surface area (Å²) >= 11 is 6.97. The number of halogens is 2. The Morgan fingerprint density at radius 2 is 2.17 bits per heavy atom. The molecule has 0 fully saturated rings. The van der Waals surface area contributed by atoms with Gasteiger partial charge in [0.2, 0.25) is 0 Å². The van der Waals surface area contributed by atoms with Crippen LogP contribution < -0.4 is 0 Å². The molecule has 0 spiro atoms. The van der Waals surface area contributed by atoms with Crippen LogP contribution in [-0.4, -0.2) is 0 Å². The van der Waals surface area contributed by atoms with Gasteiger partial charge in [0.25, 0.3) is 0 Å². The molecule has 2 rings (SSSR count). The fourth-order valence-electron chi connectivity index (χ4n) is 1.44. The fourth-order valence-corrected chi connectivity index (χ4v) is 2.34. The van der Waals surface area contributed by atoms with E-state index in [0.717, 1.165) is 11.8 Å². The Kier molecular flexibility index (Phi) is 2.37. The Bertz CT molecular complexity index is 340. The van der Waals surface area contributed by atoms with Crippen molar-refractivity contribution in [2.24, 2.45) is 0 Å².